The summed E-state index contributed by atoms with van der Waals surface area (Å²) in [7, 11) is 0. The molecule has 1 aliphatic heterocycles. The van der Waals surface area contributed by atoms with E-state index in [9.17, 15) is 4.79 Å². The third-order valence-electron chi connectivity index (χ3n) is 1.23. The minimum absolute atomic E-state index is 0.0241. The first-order valence-corrected chi connectivity index (χ1v) is 3.18. The number of hydrogen-bond donors (Lipinski definition) is 0. The van der Waals surface area contributed by atoms with Crippen molar-refractivity contribution in [3.63, 3.8) is 0 Å². The SMILES string of the molecule is CC1=CC(C)OC(C=O)O1. The van der Waals surface area contributed by atoms with Crippen molar-refractivity contribution in [2.75, 3.05) is 0 Å². The highest BCUT2D eigenvalue weighted by atomic mass is 16.7. The monoisotopic (exact) mass is 142 g/mol. The minimum Gasteiger partial charge on any atom is -0.463 e. The molecule has 0 aromatic rings. The molecule has 0 aliphatic carbocycles. The zero-order valence-corrected chi connectivity index (χ0v) is 6.03. The molecule has 3 heteroatoms. The van der Waals surface area contributed by atoms with Crippen LogP contribution >= 0.6 is 0 Å². The predicted molar refractivity (Wildman–Crippen MR) is 35.2 cm³/mol. The lowest BCUT2D eigenvalue weighted by molar-refractivity contribution is -0.161. The molecule has 0 amide bonds. The molecule has 0 spiro atoms. The van der Waals surface area contributed by atoms with Crippen LogP contribution in [0.1, 0.15) is 13.8 Å². The van der Waals surface area contributed by atoms with E-state index in [0.717, 1.165) is 5.76 Å². The smallest absolute Gasteiger partial charge is 0.256 e. The Hall–Kier alpha value is -0.830. The molecular formula is C7H10O3. The first-order valence-electron chi connectivity index (χ1n) is 3.18. The van der Waals surface area contributed by atoms with Gasteiger partial charge < -0.3 is 9.47 Å². The maximum absolute atomic E-state index is 10.2. The standard InChI is InChI=1S/C7H10O3/c1-5-3-6(2)10-7(4-8)9-5/h3-5,7H,1-2H3. The van der Waals surface area contributed by atoms with Gasteiger partial charge in [0.15, 0.2) is 6.29 Å². The van der Waals surface area contributed by atoms with Gasteiger partial charge in [-0.05, 0) is 19.9 Å². The van der Waals surface area contributed by atoms with Gasteiger partial charge >= 0.3 is 0 Å². The Morgan fingerprint density at radius 2 is 2.40 bits per heavy atom. The Morgan fingerprint density at radius 3 is 2.90 bits per heavy atom. The van der Waals surface area contributed by atoms with E-state index in [-0.39, 0.29) is 6.10 Å². The Kier molecular flexibility index (Phi) is 2.06. The number of hydrogen-bond acceptors (Lipinski definition) is 3. The normalized spacial score (nSPS) is 32.4. The average molecular weight is 142 g/mol. The van der Waals surface area contributed by atoms with Gasteiger partial charge in [-0.2, -0.15) is 0 Å². The molecule has 56 valence electrons. The molecule has 1 heterocycles. The van der Waals surface area contributed by atoms with Crippen molar-refractivity contribution in [1.29, 1.82) is 0 Å². The molecule has 0 radical (unpaired) electrons. The Bertz CT molecular complexity index is 162. The second kappa shape index (κ2) is 2.84. The average Bonchev–Trinajstić information content (AvgIpc) is 1.85. The number of rotatable bonds is 1. The zero-order chi connectivity index (χ0) is 7.56. The van der Waals surface area contributed by atoms with Crippen molar-refractivity contribution in [2.24, 2.45) is 0 Å². The van der Waals surface area contributed by atoms with Gasteiger partial charge in [-0.25, -0.2) is 0 Å². The largest absolute Gasteiger partial charge is 0.463 e. The third kappa shape index (κ3) is 1.57. The van der Waals surface area contributed by atoms with E-state index in [0.29, 0.717) is 6.29 Å². The molecule has 0 aromatic heterocycles. The van der Waals surface area contributed by atoms with Gasteiger partial charge in [0.05, 0.1) is 11.9 Å². The lowest BCUT2D eigenvalue weighted by Gasteiger charge is -2.22. The fourth-order valence-electron chi connectivity index (χ4n) is 0.891. The molecule has 0 bridgehead atoms. The summed E-state index contributed by atoms with van der Waals surface area (Å²) in [6.07, 6.45) is 1.73. The van der Waals surface area contributed by atoms with Crippen LogP contribution in [0.25, 0.3) is 0 Å². The number of carbonyl (C=O) groups is 1. The maximum atomic E-state index is 10.2. The first kappa shape index (κ1) is 7.28. The quantitative estimate of drug-likeness (QED) is 0.509. The fourth-order valence-corrected chi connectivity index (χ4v) is 0.891. The summed E-state index contributed by atoms with van der Waals surface area (Å²) in [5.74, 6) is 0.746. The fraction of sp³-hybridized carbons (Fsp3) is 0.571. The van der Waals surface area contributed by atoms with Gasteiger partial charge in [0.25, 0.3) is 6.29 Å². The third-order valence-corrected chi connectivity index (χ3v) is 1.23. The van der Waals surface area contributed by atoms with Crippen molar-refractivity contribution in [3.8, 4) is 0 Å². The predicted octanol–water partition coefficient (Wildman–Crippen LogP) is 0.851. The summed E-state index contributed by atoms with van der Waals surface area (Å²) in [4.78, 5) is 10.2. The molecule has 1 rings (SSSR count). The summed E-state index contributed by atoms with van der Waals surface area (Å²) < 4.78 is 10.0. The number of carbonyl (C=O) groups excluding carboxylic acids is 1. The van der Waals surface area contributed by atoms with E-state index < -0.39 is 6.29 Å². The zero-order valence-electron chi connectivity index (χ0n) is 6.03. The van der Waals surface area contributed by atoms with Crippen LogP contribution in [0, 0.1) is 0 Å². The van der Waals surface area contributed by atoms with Crippen LogP contribution in [-0.4, -0.2) is 18.7 Å². The van der Waals surface area contributed by atoms with E-state index in [1.54, 1.807) is 6.92 Å². The van der Waals surface area contributed by atoms with Crippen LogP contribution in [0.3, 0.4) is 0 Å². The summed E-state index contributed by atoms with van der Waals surface area (Å²) >= 11 is 0. The lowest BCUT2D eigenvalue weighted by Crippen LogP contribution is -2.27. The van der Waals surface area contributed by atoms with Gasteiger partial charge in [-0.15, -0.1) is 0 Å². The molecule has 2 unspecified atom stereocenters. The van der Waals surface area contributed by atoms with Gasteiger partial charge in [0, 0.05) is 0 Å². The van der Waals surface area contributed by atoms with E-state index in [1.807, 2.05) is 13.0 Å². The lowest BCUT2D eigenvalue weighted by atomic mass is 10.3. The Morgan fingerprint density at radius 1 is 1.70 bits per heavy atom. The molecule has 0 N–H and O–H groups in total. The van der Waals surface area contributed by atoms with Gasteiger partial charge in [-0.3, -0.25) is 4.79 Å². The molecule has 0 saturated heterocycles. The van der Waals surface area contributed by atoms with Crippen LogP contribution in [-0.2, 0) is 14.3 Å². The first-order chi connectivity index (χ1) is 4.72. The van der Waals surface area contributed by atoms with Crippen LogP contribution < -0.4 is 0 Å². The van der Waals surface area contributed by atoms with E-state index in [4.69, 9.17) is 9.47 Å². The molecule has 0 aromatic carbocycles. The van der Waals surface area contributed by atoms with Crippen molar-refractivity contribution in [1.82, 2.24) is 0 Å². The molecule has 10 heavy (non-hydrogen) atoms. The minimum atomic E-state index is -0.708. The summed E-state index contributed by atoms with van der Waals surface area (Å²) in [5, 5.41) is 0. The van der Waals surface area contributed by atoms with Crippen LogP contribution in [0.2, 0.25) is 0 Å². The second-order valence-electron chi connectivity index (χ2n) is 2.24. The molecule has 1 aliphatic rings. The number of allylic oxidation sites excluding steroid dienone is 1. The topological polar surface area (TPSA) is 35.5 Å². The molecule has 3 nitrogen and oxygen atoms in total. The van der Waals surface area contributed by atoms with Crippen LogP contribution in [0.5, 0.6) is 0 Å². The highest BCUT2D eigenvalue weighted by Gasteiger charge is 2.17. The molecule has 0 fully saturated rings. The van der Waals surface area contributed by atoms with Crippen molar-refractivity contribution >= 4 is 6.29 Å². The van der Waals surface area contributed by atoms with Crippen molar-refractivity contribution in [2.45, 2.75) is 26.2 Å². The highest BCUT2D eigenvalue weighted by Crippen LogP contribution is 2.13. The van der Waals surface area contributed by atoms with Gasteiger partial charge in [0.1, 0.15) is 0 Å². The van der Waals surface area contributed by atoms with Crippen molar-refractivity contribution in [3.05, 3.63) is 11.8 Å². The van der Waals surface area contributed by atoms with Crippen molar-refractivity contribution < 1.29 is 14.3 Å². The summed E-state index contributed by atoms with van der Waals surface area (Å²) in [5.41, 5.74) is 0. The summed E-state index contributed by atoms with van der Waals surface area (Å²) in [6, 6.07) is 0. The summed E-state index contributed by atoms with van der Waals surface area (Å²) in [6.45, 7) is 3.66. The molecule has 2 atom stereocenters. The van der Waals surface area contributed by atoms with Crippen LogP contribution in [0.4, 0.5) is 0 Å². The van der Waals surface area contributed by atoms with Gasteiger partial charge in [0.2, 0.25) is 0 Å². The Labute approximate surface area is 59.6 Å². The maximum Gasteiger partial charge on any atom is 0.256 e. The van der Waals surface area contributed by atoms with Gasteiger partial charge in [-0.1, -0.05) is 0 Å². The number of ether oxygens (including phenoxy) is 2. The number of aldehydes is 1. The Balaban J connectivity index is 2.60. The molecular weight excluding hydrogens is 132 g/mol. The highest BCUT2D eigenvalue weighted by molar-refractivity contribution is 5.54. The van der Waals surface area contributed by atoms with Crippen LogP contribution in [0.15, 0.2) is 11.8 Å². The second-order valence-corrected chi connectivity index (χ2v) is 2.24. The van der Waals surface area contributed by atoms with E-state index in [1.165, 1.54) is 0 Å². The molecule has 0 saturated carbocycles. The van der Waals surface area contributed by atoms with E-state index in [2.05, 4.69) is 0 Å². The van der Waals surface area contributed by atoms with E-state index >= 15 is 0 Å².